The fourth-order valence-electron chi connectivity index (χ4n) is 1.99. The lowest BCUT2D eigenvalue weighted by Gasteiger charge is -2.07. The fraction of sp³-hybridized carbons (Fsp3) is 0.562. The van der Waals surface area contributed by atoms with Crippen molar-refractivity contribution in [3.05, 3.63) is 29.8 Å². The van der Waals surface area contributed by atoms with Crippen molar-refractivity contribution in [2.24, 2.45) is 5.92 Å². The van der Waals surface area contributed by atoms with Crippen LogP contribution in [-0.4, -0.2) is 27.3 Å². The van der Waals surface area contributed by atoms with Gasteiger partial charge in [0, 0.05) is 6.54 Å². The number of rotatable bonds is 9. The Bertz CT molecular complexity index is 557. The average molecular weight is 308 g/mol. The predicted molar refractivity (Wildman–Crippen MR) is 84.8 cm³/mol. The SMILES string of the molecule is CC(C)CCCCNCCS(=O)(=O)c1ccc(C#N)cc1. The minimum atomic E-state index is -3.26. The van der Waals surface area contributed by atoms with E-state index in [0.717, 1.165) is 18.9 Å². The van der Waals surface area contributed by atoms with Crippen LogP contribution in [0.15, 0.2) is 29.2 Å². The second kappa shape index (κ2) is 8.81. The van der Waals surface area contributed by atoms with Crippen LogP contribution in [0.4, 0.5) is 0 Å². The van der Waals surface area contributed by atoms with Crippen LogP contribution in [0.2, 0.25) is 0 Å². The van der Waals surface area contributed by atoms with E-state index in [1.807, 2.05) is 6.07 Å². The van der Waals surface area contributed by atoms with Crippen molar-refractivity contribution in [1.82, 2.24) is 5.32 Å². The molecule has 0 saturated heterocycles. The van der Waals surface area contributed by atoms with E-state index in [1.54, 1.807) is 0 Å². The van der Waals surface area contributed by atoms with Crippen molar-refractivity contribution in [2.75, 3.05) is 18.8 Å². The van der Waals surface area contributed by atoms with Crippen LogP contribution >= 0.6 is 0 Å². The number of nitrogens with zero attached hydrogens (tertiary/aromatic N) is 1. The van der Waals surface area contributed by atoms with E-state index in [4.69, 9.17) is 5.26 Å². The lowest BCUT2D eigenvalue weighted by atomic mass is 10.1. The maximum absolute atomic E-state index is 12.1. The zero-order valence-corrected chi connectivity index (χ0v) is 13.6. The molecule has 5 heteroatoms. The summed E-state index contributed by atoms with van der Waals surface area (Å²) in [5, 5.41) is 11.9. The summed E-state index contributed by atoms with van der Waals surface area (Å²) in [7, 11) is -3.26. The van der Waals surface area contributed by atoms with Gasteiger partial charge in [0.15, 0.2) is 9.84 Å². The third-order valence-electron chi connectivity index (χ3n) is 3.28. The highest BCUT2D eigenvalue weighted by molar-refractivity contribution is 7.91. The van der Waals surface area contributed by atoms with Crippen LogP contribution in [0.5, 0.6) is 0 Å². The molecule has 4 nitrogen and oxygen atoms in total. The first kappa shape index (κ1) is 17.7. The molecule has 0 aromatic heterocycles. The van der Waals surface area contributed by atoms with E-state index in [1.165, 1.54) is 37.1 Å². The van der Waals surface area contributed by atoms with Crippen molar-refractivity contribution in [3.8, 4) is 6.07 Å². The van der Waals surface area contributed by atoms with Crippen LogP contribution in [0.25, 0.3) is 0 Å². The summed E-state index contributed by atoms with van der Waals surface area (Å²) in [4.78, 5) is 0.281. The topological polar surface area (TPSA) is 70.0 Å². The molecule has 1 aromatic carbocycles. The molecule has 0 amide bonds. The molecule has 0 heterocycles. The molecule has 0 bridgehead atoms. The molecule has 0 atom stereocenters. The summed E-state index contributed by atoms with van der Waals surface area (Å²) in [6.07, 6.45) is 3.47. The molecule has 0 fully saturated rings. The minimum Gasteiger partial charge on any atom is -0.316 e. The first-order valence-electron chi connectivity index (χ1n) is 7.39. The number of benzene rings is 1. The highest BCUT2D eigenvalue weighted by Crippen LogP contribution is 2.11. The number of nitriles is 1. The van der Waals surface area contributed by atoms with Gasteiger partial charge in [0.2, 0.25) is 0 Å². The summed E-state index contributed by atoms with van der Waals surface area (Å²) in [6, 6.07) is 8.04. The van der Waals surface area contributed by atoms with E-state index in [2.05, 4.69) is 19.2 Å². The van der Waals surface area contributed by atoms with E-state index in [9.17, 15) is 8.42 Å². The van der Waals surface area contributed by atoms with E-state index in [-0.39, 0.29) is 10.6 Å². The summed E-state index contributed by atoms with van der Waals surface area (Å²) in [5.74, 6) is 0.810. The molecule has 1 aromatic rings. The second-order valence-electron chi connectivity index (χ2n) is 5.59. The molecule has 1 rings (SSSR count). The monoisotopic (exact) mass is 308 g/mol. The molecule has 0 radical (unpaired) electrons. The molecule has 0 saturated carbocycles. The van der Waals surface area contributed by atoms with Gasteiger partial charge in [0.05, 0.1) is 22.3 Å². The van der Waals surface area contributed by atoms with Gasteiger partial charge in [-0.15, -0.1) is 0 Å². The van der Waals surface area contributed by atoms with E-state index in [0.29, 0.717) is 12.1 Å². The lowest BCUT2D eigenvalue weighted by molar-refractivity contribution is 0.523. The Hall–Kier alpha value is -1.38. The lowest BCUT2D eigenvalue weighted by Crippen LogP contribution is -2.24. The predicted octanol–water partition coefficient (Wildman–Crippen LogP) is 2.75. The van der Waals surface area contributed by atoms with Crippen molar-refractivity contribution in [3.63, 3.8) is 0 Å². The normalized spacial score (nSPS) is 11.5. The molecule has 0 spiro atoms. The number of nitrogens with one attached hydrogen (secondary N) is 1. The van der Waals surface area contributed by atoms with Crippen molar-refractivity contribution < 1.29 is 8.42 Å². The van der Waals surface area contributed by atoms with Crippen LogP contribution in [-0.2, 0) is 9.84 Å². The first-order chi connectivity index (χ1) is 9.95. The van der Waals surface area contributed by atoms with Crippen LogP contribution in [0, 0.1) is 17.2 Å². The third kappa shape index (κ3) is 6.74. The van der Waals surface area contributed by atoms with E-state index >= 15 is 0 Å². The Labute approximate surface area is 128 Å². The van der Waals surface area contributed by atoms with Gasteiger partial charge in [-0.1, -0.05) is 26.7 Å². The van der Waals surface area contributed by atoms with Gasteiger partial charge >= 0.3 is 0 Å². The smallest absolute Gasteiger partial charge is 0.179 e. The minimum absolute atomic E-state index is 0.0864. The maximum Gasteiger partial charge on any atom is 0.179 e. The van der Waals surface area contributed by atoms with E-state index < -0.39 is 9.84 Å². The number of unbranched alkanes of at least 4 members (excludes halogenated alkanes) is 1. The Morgan fingerprint density at radius 2 is 1.81 bits per heavy atom. The summed E-state index contributed by atoms with van der Waals surface area (Å²) < 4.78 is 24.2. The van der Waals surface area contributed by atoms with Gasteiger partial charge in [-0.2, -0.15) is 5.26 Å². The van der Waals surface area contributed by atoms with Gasteiger partial charge in [-0.3, -0.25) is 0 Å². The summed E-state index contributed by atoms with van der Waals surface area (Å²) in [6.45, 7) is 5.73. The van der Waals surface area contributed by atoms with Crippen LogP contribution in [0.1, 0.15) is 38.7 Å². The second-order valence-corrected chi connectivity index (χ2v) is 7.70. The Kier molecular flexibility index (Phi) is 7.41. The number of hydrogen-bond acceptors (Lipinski definition) is 4. The largest absolute Gasteiger partial charge is 0.316 e. The number of sulfone groups is 1. The zero-order valence-electron chi connectivity index (χ0n) is 12.8. The van der Waals surface area contributed by atoms with Crippen LogP contribution in [0.3, 0.4) is 0 Å². The average Bonchev–Trinajstić information content (AvgIpc) is 2.46. The molecular weight excluding hydrogens is 284 g/mol. The van der Waals surface area contributed by atoms with Gasteiger partial charge in [-0.25, -0.2) is 8.42 Å². The third-order valence-corrected chi connectivity index (χ3v) is 5.01. The quantitative estimate of drug-likeness (QED) is 0.712. The Morgan fingerprint density at radius 3 is 2.38 bits per heavy atom. The van der Waals surface area contributed by atoms with Gasteiger partial charge in [0.25, 0.3) is 0 Å². The van der Waals surface area contributed by atoms with Gasteiger partial charge in [-0.05, 0) is 43.1 Å². The van der Waals surface area contributed by atoms with Crippen molar-refractivity contribution >= 4 is 9.84 Å². The van der Waals surface area contributed by atoms with Crippen LogP contribution < -0.4 is 5.32 Å². The zero-order chi connectivity index (χ0) is 15.7. The Balaban J connectivity index is 2.31. The Morgan fingerprint density at radius 1 is 1.14 bits per heavy atom. The van der Waals surface area contributed by atoms with Gasteiger partial charge < -0.3 is 5.32 Å². The van der Waals surface area contributed by atoms with Gasteiger partial charge in [0.1, 0.15) is 0 Å². The first-order valence-corrected chi connectivity index (χ1v) is 9.04. The fourth-order valence-corrected chi connectivity index (χ4v) is 3.19. The summed E-state index contributed by atoms with van der Waals surface area (Å²) in [5.41, 5.74) is 0.470. The number of hydrogen-bond donors (Lipinski definition) is 1. The molecule has 0 aliphatic rings. The molecule has 116 valence electrons. The molecule has 0 aliphatic carbocycles. The molecular formula is C16H24N2O2S. The van der Waals surface area contributed by atoms with Crippen molar-refractivity contribution in [1.29, 1.82) is 5.26 Å². The summed E-state index contributed by atoms with van der Waals surface area (Å²) >= 11 is 0. The molecule has 0 aliphatic heterocycles. The molecule has 0 unspecified atom stereocenters. The maximum atomic E-state index is 12.1. The molecule has 21 heavy (non-hydrogen) atoms. The molecule has 1 N–H and O–H groups in total. The highest BCUT2D eigenvalue weighted by atomic mass is 32.2. The van der Waals surface area contributed by atoms with Crippen molar-refractivity contribution in [2.45, 2.75) is 38.0 Å². The highest BCUT2D eigenvalue weighted by Gasteiger charge is 2.13. The standard InChI is InChI=1S/C16H24N2O2S/c1-14(2)5-3-4-10-18-11-12-21(19,20)16-8-6-15(13-17)7-9-16/h6-9,14,18H,3-5,10-12H2,1-2H3.